The molecule has 2 bridgehead atoms. The number of fused-ring (bicyclic) bond motifs is 2. The van der Waals surface area contributed by atoms with E-state index in [0.29, 0.717) is 38.1 Å². The van der Waals surface area contributed by atoms with Crippen LogP contribution in [0.5, 0.6) is 0 Å². The molecule has 6 rings (SSSR count). The fourth-order valence-electron chi connectivity index (χ4n) is 10.5. The summed E-state index contributed by atoms with van der Waals surface area (Å²) in [5.41, 5.74) is 2.78. The number of nitrogens with one attached hydrogen (secondary N) is 3. The van der Waals surface area contributed by atoms with Crippen molar-refractivity contribution in [3.8, 4) is 11.3 Å². The predicted octanol–water partition coefficient (Wildman–Crippen LogP) is 6.07. The van der Waals surface area contributed by atoms with Gasteiger partial charge in [0.1, 0.15) is 17.9 Å². The Hall–Kier alpha value is -5.28. The second-order valence-corrected chi connectivity index (χ2v) is 18.5. The van der Waals surface area contributed by atoms with Crippen LogP contribution in [-0.4, -0.2) is 130 Å². The molecule has 4 N–H and O–H groups in total. The number of piperidine rings is 1. The lowest BCUT2D eigenvalue weighted by molar-refractivity contribution is -0.148. The van der Waals surface area contributed by atoms with Crippen molar-refractivity contribution in [3.05, 3.63) is 78.2 Å². The molecule has 3 fully saturated rings. The van der Waals surface area contributed by atoms with Gasteiger partial charge in [0, 0.05) is 45.6 Å². The lowest BCUT2D eigenvalue weighted by Crippen LogP contribution is -2.60. The molecule has 0 unspecified atom stereocenters. The van der Waals surface area contributed by atoms with Crippen molar-refractivity contribution in [1.29, 1.82) is 0 Å². The normalized spacial score (nSPS) is 22.6. The smallest absolute Gasteiger partial charge is 0.408 e. The molecule has 0 spiro atoms. The highest BCUT2D eigenvalue weighted by atomic mass is 16.5. The molecule has 11 atom stereocenters. The van der Waals surface area contributed by atoms with E-state index < -0.39 is 54.3 Å². The Morgan fingerprint density at radius 2 is 1.62 bits per heavy atom. The molecule has 3 heterocycles. The summed E-state index contributed by atoms with van der Waals surface area (Å²) < 4.78 is 12.2. The van der Waals surface area contributed by atoms with Crippen LogP contribution in [-0.2, 0) is 35.1 Å². The maximum absolute atomic E-state index is 14.5. The van der Waals surface area contributed by atoms with Gasteiger partial charge in [0.15, 0.2) is 0 Å². The number of hydrogen-bond acceptors (Lipinski definition) is 8. The first-order valence-electron chi connectivity index (χ1n) is 23.1. The Balaban J connectivity index is 1.15. The van der Waals surface area contributed by atoms with Crippen LogP contribution in [0.25, 0.3) is 11.3 Å². The summed E-state index contributed by atoms with van der Waals surface area (Å²) in [7, 11) is 4.81. The summed E-state index contributed by atoms with van der Waals surface area (Å²) >= 11 is 0. The SMILES string of the molecule is CC[C@H](C)[C@@H]([C@@H](CC(=O)N1CCC[C@H]1[C@H](OC)[C@@H](C)C(=O)N[C@@H](Cc1ccccc1)c1nc(-c2ccccc2)c[nH]1)OC)N(C)C(=O)[C@@H](NC(=O)[C@@H]1[C@H]2CC[C@H](C2)N1C(=O)O)C(C)C. The van der Waals surface area contributed by atoms with Crippen LogP contribution >= 0.6 is 0 Å². The van der Waals surface area contributed by atoms with E-state index in [1.54, 1.807) is 31.1 Å². The summed E-state index contributed by atoms with van der Waals surface area (Å²) in [6, 6.07) is 16.5. The highest BCUT2D eigenvalue weighted by molar-refractivity contribution is 5.92. The minimum absolute atomic E-state index is 0.0184. The van der Waals surface area contributed by atoms with E-state index in [1.807, 2.05) is 101 Å². The second-order valence-electron chi connectivity index (χ2n) is 18.5. The van der Waals surface area contributed by atoms with Gasteiger partial charge in [0.05, 0.1) is 48.4 Å². The Morgan fingerprint density at radius 1 is 0.938 bits per heavy atom. The van der Waals surface area contributed by atoms with Crippen molar-refractivity contribution in [3.63, 3.8) is 0 Å². The Labute approximate surface area is 378 Å². The number of carboxylic acid groups (broad SMARTS) is 1. The molecule has 3 aromatic rings. The number of imidazole rings is 1. The van der Waals surface area contributed by atoms with Crippen molar-refractivity contribution in [2.75, 3.05) is 27.8 Å². The summed E-state index contributed by atoms with van der Waals surface area (Å²) in [4.78, 5) is 82.0. The summed E-state index contributed by atoms with van der Waals surface area (Å²) in [5, 5.41) is 16.2. The number of likely N-dealkylation sites (N-methyl/N-ethyl adjacent to an activating group) is 1. The van der Waals surface area contributed by atoms with E-state index in [0.717, 1.165) is 36.1 Å². The van der Waals surface area contributed by atoms with Crippen molar-refractivity contribution in [2.45, 2.75) is 134 Å². The number of nitrogens with zero attached hydrogens (tertiary/aromatic N) is 4. The number of benzene rings is 2. The van der Waals surface area contributed by atoms with Gasteiger partial charge in [0.25, 0.3) is 0 Å². The molecular formula is C49H69N7O8. The first-order valence-corrected chi connectivity index (χ1v) is 23.1. The number of amides is 5. The number of rotatable bonds is 20. The van der Waals surface area contributed by atoms with E-state index in [4.69, 9.17) is 14.5 Å². The molecule has 15 heteroatoms. The Kier molecular flexibility index (Phi) is 16.3. The minimum Gasteiger partial charge on any atom is -0.465 e. The van der Waals surface area contributed by atoms with Gasteiger partial charge in [-0.3, -0.25) is 24.1 Å². The van der Waals surface area contributed by atoms with Crippen molar-refractivity contribution in [2.24, 2.45) is 23.7 Å². The topological polar surface area (TPSA) is 186 Å². The molecule has 64 heavy (non-hydrogen) atoms. The van der Waals surface area contributed by atoms with Crippen LogP contribution < -0.4 is 10.6 Å². The third-order valence-electron chi connectivity index (χ3n) is 14.2. The molecule has 1 aromatic heterocycles. The summed E-state index contributed by atoms with van der Waals surface area (Å²) in [5.74, 6) is -1.63. The number of likely N-dealkylation sites (tertiary alicyclic amines) is 2. The van der Waals surface area contributed by atoms with Crippen molar-refractivity contribution in [1.82, 2.24) is 35.3 Å². The standard InChI is InChI=1S/C49H69N7O8/c1-9-30(4)42(54(6)48(60)41(29(2)3)53-47(59)43-34-22-23-35(26-34)56(43)49(61)62)39(63-7)27-40(57)55-24-16-21-38(55)44(64-8)31(5)46(58)52-36(25-32-17-12-10-13-18-32)45-50-28-37(51-45)33-19-14-11-15-20-33/h10-15,17-20,28-31,34-36,38-39,41-44H,9,16,21-27H2,1-8H3,(H,50,51)(H,52,58)(H,53,59)(H,61,62)/t30-,31+,34-,35+,36-,38-,39+,41-,42-,43-,44+/m0/s1. The number of ether oxygens (including phenoxy) is 2. The zero-order valence-electron chi connectivity index (χ0n) is 38.7. The molecule has 0 radical (unpaired) electrons. The quantitative estimate of drug-likeness (QED) is 0.105. The maximum Gasteiger partial charge on any atom is 0.408 e. The van der Waals surface area contributed by atoms with E-state index in [1.165, 1.54) is 4.90 Å². The molecule has 3 aliphatic rings. The molecule has 1 aliphatic carbocycles. The Morgan fingerprint density at radius 3 is 2.25 bits per heavy atom. The van der Waals surface area contributed by atoms with Gasteiger partial charge in [-0.15, -0.1) is 0 Å². The van der Waals surface area contributed by atoms with Crippen LogP contribution in [0.15, 0.2) is 66.9 Å². The van der Waals surface area contributed by atoms with Gasteiger partial charge >= 0.3 is 6.09 Å². The molecule has 2 aromatic carbocycles. The number of carbonyl (C=O) groups is 5. The largest absolute Gasteiger partial charge is 0.465 e. The minimum atomic E-state index is -1.12. The molecule has 1 saturated carbocycles. The zero-order valence-corrected chi connectivity index (χ0v) is 38.7. The molecule has 348 valence electrons. The molecule has 5 amide bonds. The van der Waals surface area contributed by atoms with E-state index in [9.17, 15) is 29.1 Å². The summed E-state index contributed by atoms with van der Waals surface area (Å²) in [6.07, 6.45) is 4.15. The predicted molar refractivity (Wildman–Crippen MR) is 243 cm³/mol. The number of methoxy groups -OCH3 is 2. The first kappa shape index (κ1) is 48.2. The average Bonchev–Trinajstić information content (AvgIpc) is 4.14. The number of aromatic nitrogens is 2. The monoisotopic (exact) mass is 884 g/mol. The maximum atomic E-state index is 14.5. The van der Waals surface area contributed by atoms with Crippen LogP contribution in [0.1, 0.15) is 97.0 Å². The number of H-pyrrole nitrogens is 1. The molecular weight excluding hydrogens is 815 g/mol. The van der Waals surface area contributed by atoms with Gasteiger partial charge in [-0.1, -0.05) is 102 Å². The average molecular weight is 884 g/mol. The van der Waals surface area contributed by atoms with Gasteiger partial charge in [-0.2, -0.15) is 0 Å². The van der Waals surface area contributed by atoms with E-state index in [-0.39, 0.29) is 54.0 Å². The lowest BCUT2D eigenvalue weighted by Gasteiger charge is -2.41. The highest BCUT2D eigenvalue weighted by Gasteiger charge is 2.52. The fourth-order valence-corrected chi connectivity index (χ4v) is 10.5. The first-order chi connectivity index (χ1) is 30.7. The number of aromatic amines is 1. The third-order valence-corrected chi connectivity index (χ3v) is 14.2. The van der Waals surface area contributed by atoms with Gasteiger partial charge < -0.3 is 40.0 Å². The Bertz CT molecular complexity index is 2050. The molecule has 15 nitrogen and oxygen atoms in total. The highest BCUT2D eigenvalue weighted by Crippen LogP contribution is 2.42. The lowest BCUT2D eigenvalue weighted by atomic mass is 9.89. The summed E-state index contributed by atoms with van der Waals surface area (Å²) in [6.45, 7) is 10.1. The molecule has 2 saturated heterocycles. The second kappa shape index (κ2) is 21.6. The fraction of sp³-hybridized carbons (Fsp3) is 0.592. The van der Waals surface area contributed by atoms with E-state index in [2.05, 4.69) is 15.6 Å². The van der Waals surface area contributed by atoms with Crippen molar-refractivity contribution < 1.29 is 38.6 Å². The van der Waals surface area contributed by atoms with Crippen LogP contribution in [0.4, 0.5) is 4.79 Å². The van der Waals surface area contributed by atoms with Gasteiger partial charge in [0.2, 0.25) is 23.6 Å². The number of carbonyl (C=O) groups excluding carboxylic acids is 4. The van der Waals surface area contributed by atoms with Crippen molar-refractivity contribution >= 4 is 29.7 Å². The molecule has 2 aliphatic heterocycles. The van der Waals surface area contributed by atoms with Gasteiger partial charge in [-0.05, 0) is 61.8 Å². The third kappa shape index (κ3) is 10.6. The van der Waals surface area contributed by atoms with E-state index >= 15 is 0 Å². The van der Waals surface area contributed by atoms with Crippen LogP contribution in [0.2, 0.25) is 0 Å². The van der Waals surface area contributed by atoms with Crippen LogP contribution in [0.3, 0.4) is 0 Å². The van der Waals surface area contributed by atoms with Gasteiger partial charge in [-0.25, -0.2) is 9.78 Å². The number of hydrogen-bond donors (Lipinski definition) is 4. The van der Waals surface area contributed by atoms with Crippen LogP contribution in [0, 0.1) is 23.7 Å². The zero-order chi connectivity index (χ0) is 46.2.